The number of nitrogens with zero attached hydrogens (tertiary/aromatic N) is 4. The zero-order valence-corrected chi connectivity index (χ0v) is 12.6. The molecule has 0 saturated carbocycles. The Kier molecular flexibility index (Phi) is 5.27. The number of halogens is 3. The lowest BCUT2D eigenvalue weighted by Gasteiger charge is -2.35. The first-order valence-corrected chi connectivity index (χ1v) is 7.34. The van der Waals surface area contributed by atoms with E-state index in [2.05, 4.69) is 28.3 Å². The highest BCUT2D eigenvalue weighted by molar-refractivity contribution is 4.99. The molecule has 0 aromatic carbocycles. The predicted molar refractivity (Wildman–Crippen MR) is 74.8 cm³/mol. The van der Waals surface area contributed by atoms with Crippen molar-refractivity contribution in [1.82, 2.24) is 19.4 Å². The van der Waals surface area contributed by atoms with Crippen molar-refractivity contribution in [2.75, 3.05) is 32.7 Å². The summed E-state index contributed by atoms with van der Waals surface area (Å²) < 4.78 is 39.2. The summed E-state index contributed by atoms with van der Waals surface area (Å²) in [6, 6.07) is 0. The van der Waals surface area contributed by atoms with Crippen molar-refractivity contribution >= 4 is 0 Å². The molecule has 1 aromatic rings. The van der Waals surface area contributed by atoms with Crippen LogP contribution >= 0.6 is 0 Å². The van der Waals surface area contributed by atoms with E-state index in [0.717, 1.165) is 18.8 Å². The van der Waals surface area contributed by atoms with Gasteiger partial charge in [0, 0.05) is 45.5 Å². The van der Waals surface area contributed by atoms with Crippen LogP contribution in [0.2, 0.25) is 0 Å². The van der Waals surface area contributed by atoms with Gasteiger partial charge in [0.15, 0.2) is 0 Å². The highest BCUT2D eigenvalue weighted by atomic mass is 19.4. The van der Waals surface area contributed by atoms with E-state index in [1.54, 1.807) is 0 Å². The number of hydrogen-bond acceptors (Lipinski definition) is 3. The topological polar surface area (TPSA) is 24.3 Å². The second kappa shape index (κ2) is 6.79. The third-order valence-electron chi connectivity index (χ3n) is 3.61. The fraction of sp³-hybridized carbons (Fsp3) is 0.786. The van der Waals surface area contributed by atoms with E-state index in [9.17, 15) is 13.2 Å². The van der Waals surface area contributed by atoms with E-state index in [-0.39, 0.29) is 0 Å². The van der Waals surface area contributed by atoms with E-state index < -0.39 is 12.7 Å². The van der Waals surface area contributed by atoms with Gasteiger partial charge in [0.25, 0.3) is 0 Å². The molecule has 0 atom stereocenters. The van der Waals surface area contributed by atoms with Crippen LogP contribution in [0.3, 0.4) is 0 Å². The molecule has 1 aromatic heterocycles. The highest BCUT2D eigenvalue weighted by Crippen LogP contribution is 2.18. The molecule has 120 valence electrons. The van der Waals surface area contributed by atoms with Crippen molar-refractivity contribution in [3.8, 4) is 0 Å². The summed E-state index contributed by atoms with van der Waals surface area (Å²) in [5, 5.41) is 0. The minimum absolute atomic E-state index is 0.470. The smallest absolute Gasteiger partial charge is 0.333 e. The predicted octanol–water partition coefficient (Wildman–Crippen LogP) is 2.22. The molecule has 7 heteroatoms. The van der Waals surface area contributed by atoms with Gasteiger partial charge in [-0.25, -0.2) is 4.98 Å². The molecule has 0 unspecified atom stereocenters. The van der Waals surface area contributed by atoms with Gasteiger partial charge in [0.05, 0.1) is 18.6 Å². The molecule has 21 heavy (non-hydrogen) atoms. The van der Waals surface area contributed by atoms with Crippen LogP contribution in [-0.4, -0.2) is 58.3 Å². The Bertz CT molecular complexity index is 434. The van der Waals surface area contributed by atoms with Crippen molar-refractivity contribution in [3.63, 3.8) is 0 Å². The SMILES string of the molecule is CC(C)Cn1cncc1CN1CCN(CC(F)(F)F)CC1. The second-order valence-electron chi connectivity index (χ2n) is 6.10. The van der Waals surface area contributed by atoms with Gasteiger partial charge in [0.2, 0.25) is 0 Å². The zero-order chi connectivity index (χ0) is 15.5. The van der Waals surface area contributed by atoms with Gasteiger partial charge >= 0.3 is 6.18 Å². The van der Waals surface area contributed by atoms with Gasteiger partial charge in [-0.2, -0.15) is 13.2 Å². The number of alkyl halides is 3. The van der Waals surface area contributed by atoms with Gasteiger partial charge in [0.1, 0.15) is 0 Å². The largest absolute Gasteiger partial charge is 0.401 e. The monoisotopic (exact) mass is 304 g/mol. The zero-order valence-electron chi connectivity index (χ0n) is 12.6. The Morgan fingerprint density at radius 1 is 1.14 bits per heavy atom. The van der Waals surface area contributed by atoms with E-state index >= 15 is 0 Å². The van der Waals surface area contributed by atoms with Crippen molar-refractivity contribution in [2.45, 2.75) is 33.1 Å². The molecule has 0 radical (unpaired) electrons. The maximum Gasteiger partial charge on any atom is 0.401 e. The Morgan fingerprint density at radius 3 is 2.33 bits per heavy atom. The molecule has 1 fully saturated rings. The number of aromatic nitrogens is 2. The van der Waals surface area contributed by atoms with Gasteiger partial charge in [-0.15, -0.1) is 0 Å². The van der Waals surface area contributed by atoms with Crippen LogP contribution in [0.15, 0.2) is 12.5 Å². The fourth-order valence-electron chi connectivity index (χ4n) is 2.63. The lowest BCUT2D eigenvalue weighted by atomic mass is 10.2. The molecule has 0 spiro atoms. The second-order valence-corrected chi connectivity index (χ2v) is 6.10. The molecular formula is C14H23F3N4. The number of rotatable bonds is 5. The normalized spacial score (nSPS) is 18.6. The maximum atomic E-state index is 12.3. The minimum Gasteiger partial charge on any atom is -0.333 e. The van der Waals surface area contributed by atoms with E-state index in [1.807, 2.05) is 12.5 Å². The number of imidazole rings is 1. The fourth-order valence-corrected chi connectivity index (χ4v) is 2.63. The van der Waals surface area contributed by atoms with Gasteiger partial charge in [-0.05, 0) is 5.92 Å². The Hall–Kier alpha value is -1.08. The average molecular weight is 304 g/mol. The molecule has 1 aliphatic rings. The maximum absolute atomic E-state index is 12.3. The summed E-state index contributed by atoms with van der Waals surface area (Å²) in [4.78, 5) is 7.85. The van der Waals surface area contributed by atoms with Crippen LogP contribution in [0.25, 0.3) is 0 Å². The van der Waals surface area contributed by atoms with E-state index in [0.29, 0.717) is 32.1 Å². The molecule has 2 rings (SSSR count). The highest BCUT2D eigenvalue weighted by Gasteiger charge is 2.32. The van der Waals surface area contributed by atoms with Crippen LogP contribution in [0.5, 0.6) is 0 Å². The summed E-state index contributed by atoms with van der Waals surface area (Å²) in [6.45, 7) is 7.46. The van der Waals surface area contributed by atoms with Crippen molar-refractivity contribution < 1.29 is 13.2 Å². The summed E-state index contributed by atoms with van der Waals surface area (Å²) in [6.07, 6.45) is -0.419. The lowest BCUT2D eigenvalue weighted by molar-refractivity contribution is -0.149. The first-order chi connectivity index (χ1) is 9.83. The summed E-state index contributed by atoms with van der Waals surface area (Å²) in [5.41, 5.74) is 1.13. The van der Waals surface area contributed by atoms with Crippen LogP contribution in [0.4, 0.5) is 13.2 Å². The van der Waals surface area contributed by atoms with Gasteiger partial charge in [-0.3, -0.25) is 9.80 Å². The van der Waals surface area contributed by atoms with Crippen LogP contribution in [0.1, 0.15) is 19.5 Å². The van der Waals surface area contributed by atoms with Gasteiger partial charge in [-0.1, -0.05) is 13.8 Å². The molecule has 0 bridgehead atoms. The van der Waals surface area contributed by atoms with Crippen LogP contribution in [-0.2, 0) is 13.1 Å². The number of piperazine rings is 1. The molecule has 0 amide bonds. The first-order valence-electron chi connectivity index (χ1n) is 7.34. The Morgan fingerprint density at radius 2 is 1.76 bits per heavy atom. The minimum atomic E-state index is -4.10. The Labute approximate surface area is 123 Å². The average Bonchev–Trinajstić information content (AvgIpc) is 2.76. The molecule has 0 aliphatic carbocycles. The Balaban J connectivity index is 1.82. The van der Waals surface area contributed by atoms with E-state index in [4.69, 9.17) is 0 Å². The quantitative estimate of drug-likeness (QED) is 0.833. The lowest BCUT2D eigenvalue weighted by Crippen LogP contribution is -2.48. The molecular weight excluding hydrogens is 281 g/mol. The first kappa shape index (κ1) is 16.3. The van der Waals surface area contributed by atoms with Crippen molar-refractivity contribution in [1.29, 1.82) is 0 Å². The standard InChI is InChI=1S/C14H23F3N4/c1-12(2)8-21-11-18-7-13(21)9-19-3-5-20(6-4-19)10-14(15,16)17/h7,11-12H,3-6,8-10H2,1-2H3. The van der Waals surface area contributed by atoms with Crippen molar-refractivity contribution in [2.24, 2.45) is 5.92 Å². The summed E-state index contributed by atoms with van der Waals surface area (Å²) in [5.74, 6) is 0.543. The molecule has 1 saturated heterocycles. The third kappa shape index (κ3) is 5.32. The molecule has 2 heterocycles. The molecule has 0 N–H and O–H groups in total. The molecule has 1 aliphatic heterocycles. The third-order valence-corrected chi connectivity index (χ3v) is 3.61. The summed E-state index contributed by atoms with van der Waals surface area (Å²) >= 11 is 0. The number of hydrogen-bond donors (Lipinski definition) is 0. The van der Waals surface area contributed by atoms with Crippen LogP contribution in [0, 0.1) is 5.92 Å². The van der Waals surface area contributed by atoms with Crippen molar-refractivity contribution in [3.05, 3.63) is 18.2 Å². The molecule has 4 nitrogen and oxygen atoms in total. The summed E-state index contributed by atoms with van der Waals surface area (Å²) in [7, 11) is 0. The van der Waals surface area contributed by atoms with Crippen LogP contribution < -0.4 is 0 Å². The van der Waals surface area contributed by atoms with Gasteiger partial charge < -0.3 is 4.57 Å². The van der Waals surface area contributed by atoms with E-state index in [1.165, 1.54) is 4.90 Å².